The second-order valence-electron chi connectivity index (χ2n) is 21.3. The Bertz CT molecular complexity index is 1840. The van der Waals surface area contributed by atoms with Crippen molar-refractivity contribution in [2.24, 2.45) is 0 Å². The average Bonchev–Trinajstić information content (AvgIpc) is 3.37. The highest BCUT2D eigenvalue weighted by molar-refractivity contribution is 7.84. The minimum atomic E-state index is -1.75. The van der Waals surface area contributed by atoms with Crippen molar-refractivity contribution < 1.29 is 0 Å². The van der Waals surface area contributed by atoms with Gasteiger partial charge >= 0.3 is 0 Å². The monoisotopic (exact) mass is 1010 g/mol. The van der Waals surface area contributed by atoms with Crippen molar-refractivity contribution in [2.45, 2.75) is 239 Å². The molecule has 0 fully saturated rings. The molecule has 1 unspecified atom stereocenters. The first-order chi connectivity index (χ1) is 33.1. The van der Waals surface area contributed by atoms with Crippen LogP contribution in [0.15, 0.2) is 97.1 Å². The third-order valence-electron chi connectivity index (χ3n) is 16.1. The highest BCUT2D eigenvalue weighted by Crippen LogP contribution is 2.53. The van der Waals surface area contributed by atoms with Crippen molar-refractivity contribution >= 4 is 77.1 Å². The van der Waals surface area contributed by atoms with Crippen LogP contribution in [0.25, 0.3) is 0 Å². The predicted molar refractivity (Wildman–Crippen MR) is 324 cm³/mol. The second-order valence-corrected chi connectivity index (χ2v) is 40.0. The average molecular weight is 1010 g/mol. The van der Waals surface area contributed by atoms with Gasteiger partial charge in [-0.05, 0) is 40.8 Å². The van der Waals surface area contributed by atoms with Gasteiger partial charge < -0.3 is 0 Å². The Morgan fingerprint density at radius 2 is 0.603 bits per heavy atom. The molecule has 0 aromatic heterocycles. The molecule has 0 amide bonds. The molecule has 6 heteroatoms. The van der Waals surface area contributed by atoms with Gasteiger partial charge in [0.1, 0.15) is 0 Å². The quantitative estimate of drug-likeness (QED) is 0.0324. The fourth-order valence-electron chi connectivity index (χ4n) is 11.8. The van der Waals surface area contributed by atoms with Crippen molar-refractivity contribution in [1.82, 2.24) is 4.44 Å². The normalized spacial score (nSPS) is 13.0. The molecule has 0 N–H and O–H groups in total. The van der Waals surface area contributed by atoms with Crippen LogP contribution in [0.5, 0.6) is 0 Å². The van der Waals surface area contributed by atoms with E-state index in [9.17, 15) is 0 Å². The summed E-state index contributed by atoms with van der Waals surface area (Å²) in [5.41, 5.74) is 1.44. The molecular formula is C62H103NP2Si3. The molecule has 0 aliphatic heterocycles. The molecule has 1 atom stereocenters. The van der Waals surface area contributed by atoms with Crippen molar-refractivity contribution in [3.63, 3.8) is 0 Å². The molecule has 68 heavy (non-hydrogen) atoms. The van der Waals surface area contributed by atoms with E-state index in [-0.39, 0.29) is 0 Å². The summed E-state index contributed by atoms with van der Waals surface area (Å²) in [6.45, 7) is 24.2. The Labute approximate surface area is 427 Å². The van der Waals surface area contributed by atoms with E-state index in [0.717, 1.165) is 0 Å². The van der Waals surface area contributed by atoms with Gasteiger partial charge in [0.05, 0.1) is 24.2 Å². The maximum atomic E-state index is 3.00. The van der Waals surface area contributed by atoms with E-state index in [2.05, 4.69) is 178 Å². The predicted octanol–water partition coefficient (Wildman–Crippen LogP) is 17.5. The van der Waals surface area contributed by atoms with E-state index in [1.807, 2.05) is 0 Å². The molecule has 0 heterocycles. The lowest BCUT2D eigenvalue weighted by atomic mass is 10.2. The minimum Gasteiger partial charge on any atom is -0.248 e. The standard InChI is InChI=1S/C62H103NP2Si3/c1-12-21-43-66(44-22-13-2,45-23-14-3)59-39-32-36-56(52-59)64(57-37-33-40-60(53-57)67(46-24-15-4,47-25-16-5)48-26-17-6)63(11)65(62-42-31-30-35-55(62)10)58-38-34-41-61(54-58)68(49-27-18-7,50-28-19-8)51-29-20-9/h30-42,52-54H,12-29,43-51H2,1-11H3. The van der Waals surface area contributed by atoms with E-state index in [4.69, 9.17) is 0 Å². The first-order valence-electron chi connectivity index (χ1n) is 28.8. The Balaban J connectivity index is 2.12. The molecule has 4 aromatic carbocycles. The number of nitrogens with zero attached hydrogens (tertiary/aromatic N) is 1. The largest absolute Gasteiger partial charge is 0.248 e. The molecule has 378 valence electrons. The van der Waals surface area contributed by atoms with Gasteiger partial charge in [0, 0.05) is 16.1 Å². The maximum absolute atomic E-state index is 3.00. The number of rotatable bonds is 36. The van der Waals surface area contributed by atoms with Crippen LogP contribution in [0.1, 0.15) is 183 Å². The summed E-state index contributed by atoms with van der Waals surface area (Å²) in [7, 11) is -4.36. The number of unbranched alkanes of at least 4 members (excludes halogenated alkanes) is 9. The van der Waals surface area contributed by atoms with Crippen LogP contribution < -0.4 is 36.8 Å². The summed E-state index contributed by atoms with van der Waals surface area (Å²) in [5, 5.41) is 11.6. The molecule has 0 saturated carbocycles. The molecule has 0 saturated heterocycles. The summed E-state index contributed by atoms with van der Waals surface area (Å²) in [6.07, 6.45) is 24.0. The summed E-state index contributed by atoms with van der Waals surface area (Å²) < 4.78 is 3.00. The van der Waals surface area contributed by atoms with Gasteiger partial charge in [-0.15, -0.1) is 0 Å². The summed E-state index contributed by atoms with van der Waals surface area (Å²) in [5.74, 6) is 0. The Morgan fingerprint density at radius 3 is 0.868 bits per heavy atom. The van der Waals surface area contributed by atoms with Crippen LogP contribution >= 0.6 is 16.1 Å². The maximum Gasteiger partial charge on any atom is 0.0867 e. The van der Waals surface area contributed by atoms with E-state index < -0.39 is 40.4 Å². The van der Waals surface area contributed by atoms with Gasteiger partial charge in [-0.25, -0.2) is 4.44 Å². The Morgan fingerprint density at radius 1 is 0.338 bits per heavy atom. The molecule has 0 bridgehead atoms. The number of hydrogen-bond acceptors (Lipinski definition) is 1. The van der Waals surface area contributed by atoms with Gasteiger partial charge in [0.15, 0.2) is 0 Å². The van der Waals surface area contributed by atoms with Gasteiger partial charge in [0.2, 0.25) is 0 Å². The molecule has 1 nitrogen and oxygen atoms in total. The van der Waals surface area contributed by atoms with E-state index in [0.29, 0.717) is 0 Å². The smallest absolute Gasteiger partial charge is 0.0867 e. The molecule has 0 radical (unpaired) electrons. The number of benzene rings is 4. The fraction of sp³-hybridized carbons (Fsp3) is 0.613. The first-order valence-corrected chi connectivity index (χ1v) is 39.3. The molecular weight excluding hydrogens is 905 g/mol. The molecule has 0 spiro atoms. The fourth-order valence-corrected chi connectivity index (χ4v) is 34.9. The zero-order valence-electron chi connectivity index (χ0n) is 46.2. The Hall–Kier alpha value is -1.65. The van der Waals surface area contributed by atoms with Crippen molar-refractivity contribution in [2.75, 3.05) is 7.05 Å². The van der Waals surface area contributed by atoms with Gasteiger partial charge in [-0.3, -0.25) is 0 Å². The van der Waals surface area contributed by atoms with Crippen molar-refractivity contribution in [3.8, 4) is 0 Å². The van der Waals surface area contributed by atoms with Gasteiger partial charge in [-0.2, -0.15) is 0 Å². The zero-order valence-corrected chi connectivity index (χ0v) is 51.0. The van der Waals surface area contributed by atoms with Crippen molar-refractivity contribution in [1.29, 1.82) is 0 Å². The van der Waals surface area contributed by atoms with Crippen molar-refractivity contribution in [3.05, 3.63) is 103 Å². The van der Waals surface area contributed by atoms with E-state index in [1.165, 1.54) is 176 Å². The minimum absolute atomic E-state index is 0.846. The summed E-state index contributed by atoms with van der Waals surface area (Å²) >= 11 is 0. The van der Waals surface area contributed by atoms with E-state index >= 15 is 0 Å². The topological polar surface area (TPSA) is 3.24 Å². The Kier molecular flexibility index (Phi) is 27.5. The summed E-state index contributed by atoms with van der Waals surface area (Å²) in [4.78, 5) is 0. The number of aryl methyl sites for hydroxylation is 1. The second kappa shape index (κ2) is 31.7. The summed E-state index contributed by atoms with van der Waals surface area (Å²) in [6, 6.07) is 54.2. The highest BCUT2D eigenvalue weighted by atomic mass is 31.2. The SMILES string of the molecule is CCCC[Si](CCCC)(CCCC)c1cccc(P(c2cccc([Si](CCCC)(CCCC)CCCC)c2)N(C)P(c2cccc([Si](CCCC)(CCCC)CCCC)c2)c2ccccc2C)c1. The van der Waals surface area contributed by atoms with Gasteiger partial charge in [0.25, 0.3) is 0 Å². The molecule has 4 rings (SSSR count). The lowest BCUT2D eigenvalue weighted by molar-refractivity contribution is 0.800. The van der Waals surface area contributed by atoms with Crippen LogP contribution in [-0.2, 0) is 0 Å². The van der Waals surface area contributed by atoms with E-state index in [1.54, 1.807) is 36.8 Å². The van der Waals surface area contributed by atoms with Crippen LogP contribution in [0, 0.1) is 6.92 Å². The lowest BCUT2D eigenvalue weighted by Gasteiger charge is -2.40. The van der Waals surface area contributed by atoms with Gasteiger partial charge in [-0.1, -0.05) is 345 Å². The number of hydrogen-bond donors (Lipinski definition) is 0. The van der Waals surface area contributed by atoms with Crippen LogP contribution in [0.2, 0.25) is 54.4 Å². The van der Waals surface area contributed by atoms with Crippen LogP contribution in [0.4, 0.5) is 0 Å². The zero-order chi connectivity index (χ0) is 49.3. The van der Waals surface area contributed by atoms with Crippen LogP contribution in [-0.4, -0.2) is 35.7 Å². The molecule has 4 aromatic rings. The molecule has 0 aliphatic carbocycles. The lowest BCUT2D eigenvalue weighted by Crippen LogP contribution is -2.49. The highest BCUT2D eigenvalue weighted by Gasteiger charge is 2.39. The molecule has 0 aliphatic rings. The first kappa shape index (κ1) is 58.9. The third-order valence-corrected chi connectivity index (χ3v) is 38.0. The van der Waals surface area contributed by atoms with Crippen LogP contribution in [0.3, 0.4) is 0 Å². The third kappa shape index (κ3) is 16.2.